The van der Waals surface area contributed by atoms with Gasteiger partial charge in [0, 0.05) is 12.0 Å². The topological polar surface area (TPSA) is 76.8 Å². The lowest BCUT2D eigenvalue weighted by Gasteiger charge is -2.12. The molecule has 0 bridgehead atoms. The molecule has 0 saturated heterocycles. The molecule has 1 aromatic heterocycles. The van der Waals surface area contributed by atoms with Gasteiger partial charge >= 0.3 is 0 Å². The summed E-state index contributed by atoms with van der Waals surface area (Å²) in [5.74, 6) is 0.915. The minimum atomic E-state index is -0.285. The van der Waals surface area contributed by atoms with Gasteiger partial charge in [0.1, 0.15) is 11.4 Å². The van der Waals surface area contributed by atoms with Gasteiger partial charge in [-0.15, -0.1) is 0 Å². The number of hydrogen-bond acceptors (Lipinski definition) is 4. The van der Waals surface area contributed by atoms with Crippen molar-refractivity contribution in [3.05, 3.63) is 41.2 Å². The summed E-state index contributed by atoms with van der Waals surface area (Å²) in [4.78, 5) is 0. The van der Waals surface area contributed by atoms with Crippen LogP contribution < -0.4 is 10.5 Å². The number of H-pyrrole nitrogens is 1. The van der Waals surface area contributed by atoms with Crippen molar-refractivity contribution in [3.8, 4) is 5.75 Å². The van der Waals surface area contributed by atoms with Crippen LogP contribution in [0.1, 0.15) is 22.9 Å². The molecule has 1 aliphatic rings. The van der Waals surface area contributed by atoms with Crippen LogP contribution in [0.5, 0.6) is 5.75 Å². The van der Waals surface area contributed by atoms with E-state index in [0.717, 1.165) is 30.0 Å². The first-order chi connectivity index (χ1) is 7.86. The first-order valence-corrected chi connectivity index (χ1v) is 5.22. The summed E-state index contributed by atoms with van der Waals surface area (Å²) in [6.45, 7) is 0.734. The molecule has 0 aliphatic carbocycles. The highest BCUT2D eigenvalue weighted by atomic mass is 16.5. The largest absolute Gasteiger partial charge is 0.493 e. The lowest BCUT2D eigenvalue weighted by Crippen LogP contribution is -2.13. The molecular weight excluding hydrogens is 204 g/mol. The standard InChI is InChI=1S/C11H12N4O/c12-10(9-6-13-15-14-9)8-3-1-2-7-4-5-16-11(7)8/h1-3,6,10H,4-5,12H2,(H,13,14,15). The number of aromatic amines is 1. The van der Waals surface area contributed by atoms with E-state index in [0.29, 0.717) is 0 Å². The Morgan fingerprint density at radius 2 is 2.38 bits per heavy atom. The van der Waals surface area contributed by atoms with Gasteiger partial charge in [-0.05, 0) is 5.56 Å². The number of nitrogens with zero attached hydrogens (tertiary/aromatic N) is 2. The van der Waals surface area contributed by atoms with Gasteiger partial charge in [0.25, 0.3) is 0 Å². The molecule has 3 N–H and O–H groups in total. The normalized spacial score (nSPS) is 15.6. The molecule has 0 saturated carbocycles. The van der Waals surface area contributed by atoms with E-state index in [2.05, 4.69) is 21.5 Å². The van der Waals surface area contributed by atoms with E-state index in [1.165, 1.54) is 5.56 Å². The quantitative estimate of drug-likeness (QED) is 0.778. The van der Waals surface area contributed by atoms with Crippen molar-refractivity contribution in [1.29, 1.82) is 0 Å². The molecule has 82 valence electrons. The fraction of sp³-hybridized carbons (Fsp3) is 0.273. The van der Waals surface area contributed by atoms with Gasteiger partial charge in [-0.3, -0.25) is 0 Å². The van der Waals surface area contributed by atoms with Gasteiger partial charge in [-0.25, -0.2) is 0 Å². The molecule has 16 heavy (non-hydrogen) atoms. The van der Waals surface area contributed by atoms with E-state index in [-0.39, 0.29) is 6.04 Å². The lowest BCUT2D eigenvalue weighted by molar-refractivity contribution is 0.352. The highest BCUT2D eigenvalue weighted by molar-refractivity contribution is 5.47. The smallest absolute Gasteiger partial charge is 0.127 e. The summed E-state index contributed by atoms with van der Waals surface area (Å²) >= 11 is 0. The van der Waals surface area contributed by atoms with E-state index < -0.39 is 0 Å². The summed E-state index contributed by atoms with van der Waals surface area (Å²) in [7, 11) is 0. The van der Waals surface area contributed by atoms with Crippen molar-refractivity contribution in [2.75, 3.05) is 6.61 Å². The molecule has 3 rings (SSSR count). The van der Waals surface area contributed by atoms with Crippen LogP contribution in [-0.2, 0) is 6.42 Å². The Kier molecular flexibility index (Phi) is 2.11. The third-order valence-electron chi connectivity index (χ3n) is 2.83. The van der Waals surface area contributed by atoms with E-state index >= 15 is 0 Å². The molecule has 0 radical (unpaired) electrons. The monoisotopic (exact) mass is 216 g/mol. The first-order valence-electron chi connectivity index (χ1n) is 5.22. The lowest BCUT2D eigenvalue weighted by atomic mass is 10.0. The van der Waals surface area contributed by atoms with Crippen molar-refractivity contribution in [1.82, 2.24) is 15.4 Å². The zero-order valence-corrected chi connectivity index (χ0v) is 8.68. The van der Waals surface area contributed by atoms with E-state index in [1.807, 2.05) is 12.1 Å². The molecule has 0 fully saturated rings. The Morgan fingerprint density at radius 3 is 3.19 bits per heavy atom. The van der Waals surface area contributed by atoms with Crippen LogP contribution in [0, 0.1) is 0 Å². The van der Waals surface area contributed by atoms with Crippen LogP contribution in [0.4, 0.5) is 0 Å². The Balaban J connectivity index is 2.04. The van der Waals surface area contributed by atoms with Gasteiger partial charge < -0.3 is 10.5 Å². The molecule has 2 heterocycles. The number of nitrogens with one attached hydrogen (secondary N) is 1. The predicted octanol–water partition coefficient (Wildman–Crippen LogP) is 0.788. The zero-order chi connectivity index (χ0) is 11.0. The average molecular weight is 216 g/mol. The number of benzene rings is 1. The molecule has 1 aliphatic heterocycles. The SMILES string of the molecule is NC(c1cn[nH]n1)c1cccc2c1OCC2. The second kappa shape index (κ2) is 3.61. The van der Waals surface area contributed by atoms with E-state index in [1.54, 1.807) is 6.20 Å². The third kappa shape index (κ3) is 1.37. The highest BCUT2D eigenvalue weighted by Gasteiger charge is 2.21. The molecule has 5 heteroatoms. The van der Waals surface area contributed by atoms with Gasteiger partial charge in [0.2, 0.25) is 0 Å². The van der Waals surface area contributed by atoms with Crippen LogP contribution in [-0.4, -0.2) is 22.0 Å². The average Bonchev–Trinajstić information content (AvgIpc) is 2.98. The Hall–Kier alpha value is -1.88. The van der Waals surface area contributed by atoms with Crippen molar-refractivity contribution in [2.24, 2.45) is 5.73 Å². The zero-order valence-electron chi connectivity index (χ0n) is 8.68. The number of para-hydroxylation sites is 1. The van der Waals surface area contributed by atoms with Crippen LogP contribution in [0.15, 0.2) is 24.4 Å². The van der Waals surface area contributed by atoms with Crippen LogP contribution >= 0.6 is 0 Å². The minimum absolute atomic E-state index is 0.285. The van der Waals surface area contributed by atoms with Gasteiger partial charge in [-0.1, -0.05) is 18.2 Å². The van der Waals surface area contributed by atoms with Gasteiger partial charge in [0.05, 0.1) is 18.8 Å². The molecule has 1 atom stereocenters. The number of aromatic nitrogens is 3. The van der Waals surface area contributed by atoms with Crippen molar-refractivity contribution in [3.63, 3.8) is 0 Å². The van der Waals surface area contributed by atoms with Crippen LogP contribution in [0.25, 0.3) is 0 Å². The van der Waals surface area contributed by atoms with Crippen LogP contribution in [0.2, 0.25) is 0 Å². The highest BCUT2D eigenvalue weighted by Crippen LogP contribution is 2.34. The van der Waals surface area contributed by atoms with Crippen molar-refractivity contribution in [2.45, 2.75) is 12.5 Å². The summed E-state index contributed by atoms with van der Waals surface area (Å²) < 4.78 is 5.61. The van der Waals surface area contributed by atoms with Gasteiger partial charge in [0.15, 0.2) is 0 Å². The molecule has 5 nitrogen and oxygen atoms in total. The second-order valence-corrected chi connectivity index (χ2v) is 3.81. The number of nitrogens with two attached hydrogens (primary N) is 1. The van der Waals surface area contributed by atoms with Crippen molar-refractivity contribution < 1.29 is 4.74 Å². The third-order valence-corrected chi connectivity index (χ3v) is 2.83. The summed E-state index contributed by atoms with van der Waals surface area (Å²) in [6, 6.07) is 5.76. The maximum absolute atomic E-state index is 6.13. The fourth-order valence-electron chi connectivity index (χ4n) is 2.01. The maximum Gasteiger partial charge on any atom is 0.127 e. The summed E-state index contributed by atoms with van der Waals surface area (Å²) in [6.07, 6.45) is 2.59. The molecular formula is C11H12N4O. The number of fused-ring (bicyclic) bond motifs is 1. The Labute approximate surface area is 92.6 Å². The number of ether oxygens (including phenoxy) is 1. The fourth-order valence-corrected chi connectivity index (χ4v) is 2.01. The van der Waals surface area contributed by atoms with Crippen LogP contribution in [0.3, 0.4) is 0 Å². The van der Waals surface area contributed by atoms with E-state index in [4.69, 9.17) is 10.5 Å². The summed E-state index contributed by atoms with van der Waals surface area (Å²) in [5.41, 5.74) is 9.05. The minimum Gasteiger partial charge on any atom is -0.493 e. The molecule has 0 amide bonds. The molecule has 0 spiro atoms. The number of rotatable bonds is 2. The number of hydrogen-bond donors (Lipinski definition) is 2. The molecule has 2 aromatic rings. The Bertz CT molecular complexity index is 495. The summed E-state index contributed by atoms with van der Waals surface area (Å²) in [5, 5.41) is 10.3. The Morgan fingerprint density at radius 1 is 1.44 bits per heavy atom. The van der Waals surface area contributed by atoms with E-state index in [9.17, 15) is 0 Å². The van der Waals surface area contributed by atoms with Crippen molar-refractivity contribution >= 4 is 0 Å². The molecule has 1 aromatic carbocycles. The van der Waals surface area contributed by atoms with Gasteiger partial charge in [-0.2, -0.15) is 15.4 Å². The first kappa shape index (κ1) is 9.35. The molecule has 1 unspecified atom stereocenters. The maximum atomic E-state index is 6.13. The second-order valence-electron chi connectivity index (χ2n) is 3.81. The predicted molar refractivity (Wildman–Crippen MR) is 58.1 cm³/mol.